The molecular weight excluding hydrogens is 224 g/mol. The molecule has 0 bridgehead atoms. The number of rotatable bonds is 4. The molecule has 1 amide bonds. The lowest BCUT2D eigenvalue weighted by Gasteiger charge is -2.30. The van der Waals surface area contributed by atoms with Crippen LogP contribution < -0.4 is 10.6 Å². The SMILES string of the molecule is CNC(=O)CC(c1ccccc1)C1CCCNC1. The molecular formula is C15H22N2O. The van der Waals surface area contributed by atoms with E-state index in [0.29, 0.717) is 18.3 Å². The molecule has 3 heteroatoms. The molecule has 0 aliphatic carbocycles. The Labute approximate surface area is 109 Å². The number of benzene rings is 1. The number of nitrogens with one attached hydrogen (secondary N) is 2. The predicted octanol–water partition coefficient (Wildman–Crippen LogP) is 1.91. The maximum absolute atomic E-state index is 11.7. The summed E-state index contributed by atoms with van der Waals surface area (Å²) in [6.45, 7) is 2.13. The normalized spacial score (nSPS) is 21.3. The van der Waals surface area contributed by atoms with Crippen LogP contribution in [-0.4, -0.2) is 26.0 Å². The Kier molecular flexibility index (Phi) is 4.76. The number of piperidine rings is 1. The van der Waals surface area contributed by atoms with Crippen LogP contribution in [0.5, 0.6) is 0 Å². The first kappa shape index (κ1) is 13.1. The Hall–Kier alpha value is -1.35. The van der Waals surface area contributed by atoms with Crippen LogP contribution in [0.3, 0.4) is 0 Å². The lowest BCUT2D eigenvalue weighted by atomic mass is 9.79. The third-order valence-electron chi connectivity index (χ3n) is 3.82. The van der Waals surface area contributed by atoms with Gasteiger partial charge in [-0.25, -0.2) is 0 Å². The van der Waals surface area contributed by atoms with Crippen molar-refractivity contribution < 1.29 is 4.79 Å². The van der Waals surface area contributed by atoms with Gasteiger partial charge in [0.25, 0.3) is 0 Å². The third kappa shape index (κ3) is 3.33. The number of amides is 1. The van der Waals surface area contributed by atoms with E-state index in [1.54, 1.807) is 7.05 Å². The zero-order chi connectivity index (χ0) is 12.8. The highest BCUT2D eigenvalue weighted by Gasteiger charge is 2.26. The van der Waals surface area contributed by atoms with Crippen molar-refractivity contribution in [1.82, 2.24) is 10.6 Å². The van der Waals surface area contributed by atoms with Gasteiger partial charge in [0.2, 0.25) is 5.91 Å². The minimum absolute atomic E-state index is 0.134. The molecule has 98 valence electrons. The van der Waals surface area contributed by atoms with Crippen molar-refractivity contribution in [3.63, 3.8) is 0 Å². The average molecular weight is 246 g/mol. The van der Waals surface area contributed by atoms with Gasteiger partial charge in [-0.15, -0.1) is 0 Å². The zero-order valence-corrected chi connectivity index (χ0v) is 11.0. The summed E-state index contributed by atoms with van der Waals surface area (Å²) in [6, 6.07) is 10.4. The highest BCUT2D eigenvalue weighted by Crippen LogP contribution is 2.32. The molecule has 2 N–H and O–H groups in total. The Morgan fingerprint density at radius 1 is 1.44 bits per heavy atom. The van der Waals surface area contributed by atoms with Crippen LogP contribution in [0.1, 0.15) is 30.7 Å². The number of carbonyl (C=O) groups excluding carboxylic acids is 1. The van der Waals surface area contributed by atoms with Crippen LogP contribution >= 0.6 is 0 Å². The van der Waals surface area contributed by atoms with E-state index in [1.165, 1.54) is 18.4 Å². The summed E-state index contributed by atoms with van der Waals surface area (Å²) in [5, 5.41) is 6.19. The van der Waals surface area contributed by atoms with Gasteiger partial charge in [-0.05, 0) is 43.3 Å². The third-order valence-corrected chi connectivity index (χ3v) is 3.82. The summed E-state index contributed by atoms with van der Waals surface area (Å²) in [4.78, 5) is 11.7. The summed E-state index contributed by atoms with van der Waals surface area (Å²) in [7, 11) is 1.71. The molecule has 1 fully saturated rings. The maximum Gasteiger partial charge on any atom is 0.220 e. The van der Waals surface area contributed by atoms with Crippen molar-refractivity contribution in [3.8, 4) is 0 Å². The lowest BCUT2D eigenvalue weighted by molar-refractivity contribution is -0.121. The molecule has 0 radical (unpaired) electrons. The van der Waals surface area contributed by atoms with Gasteiger partial charge in [-0.3, -0.25) is 4.79 Å². The van der Waals surface area contributed by atoms with Gasteiger partial charge in [0.1, 0.15) is 0 Å². The zero-order valence-electron chi connectivity index (χ0n) is 11.0. The predicted molar refractivity (Wildman–Crippen MR) is 73.5 cm³/mol. The van der Waals surface area contributed by atoms with Crippen molar-refractivity contribution >= 4 is 5.91 Å². The fourth-order valence-corrected chi connectivity index (χ4v) is 2.78. The average Bonchev–Trinajstić information content (AvgIpc) is 2.46. The molecule has 2 rings (SSSR count). The van der Waals surface area contributed by atoms with E-state index >= 15 is 0 Å². The summed E-state index contributed by atoms with van der Waals surface area (Å²) >= 11 is 0. The van der Waals surface area contributed by atoms with Crippen molar-refractivity contribution in [2.24, 2.45) is 5.92 Å². The van der Waals surface area contributed by atoms with Crippen LogP contribution in [0, 0.1) is 5.92 Å². The highest BCUT2D eigenvalue weighted by molar-refractivity contribution is 5.76. The van der Waals surface area contributed by atoms with Crippen LogP contribution in [0.15, 0.2) is 30.3 Å². The van der Waals surface area contributed by atoms with E-state index in [4.69, 9.17) is 0 Å². The van der Waals surface area contributed by atoms with Crippen LogP contribution in [-0.2, 0) is 4.79 Å². The molecule has 0 saturated carbocycles. The second kappa shape index (κ2) is 6.55. The monoisotopic (exact) mass is 246 g/mol. The fraction of sp³-hybridized carbons (Fsp3) is 0.533. The molecule has 1 aromatic carbocycles. The second-order valence-electron chi connectivity index (χ2n) is 5.00. The van der Waals surface area contributed by atoms with E-state index in [2.05, 4.69) is 34.9 Å². The Morgan fingerprint density at radius 3 is 2.83 bits per heavy atom. The van der Waals surface area contributed by atoms with Gasteiger partial charge >= 0.3 is 0 Å². The van der Waals surface area contributed by atoms with Gasteiger partial charge in [-0.2, -0.15) is 0 Å². The smallest absolute Gasteiger partial charge is 0.220 e. The minimum Gasteiger partial charge on any atom is -0.359 e. The van der Waals surface area contributed by atoms with E-state index in [0.717, 1.165) is 13.1 Å². The molecule has 2 atom stereocenters. The quantitative estimate of drug-likeness (QED) is 0.852. The Bertz CT molecular complexity index is 371. The first-order chi connectivity index (χ1) is 8.81. The maximum atomic E-state index is 11.7. The van der Waals surface area contributed by atoms with Gasteiger partial charge in [0, 0.05) is 13.5 Å². The lowest BCUT2D eigenvalue weighted by Crippen LogP contribution is -2.35. The number of hydrogen-bond donors (Lipinski definition) is 2. The van der Waals surface area contributed by atoms with E-state index < -0.39 is 0 Å². The van der Waals surface area contributed by atoms with E-state index in [9.17, 15) is 4.79 Å². The van der Waals surface area contributed by atoms with Crippen molar-refractivity contribution in [3.05, 3.63) is 35.9 Å². The molecule has 1 saturated heterocycles. The minimum atomic E-state index is 0.134. The van der Waals surface area contributed by atoms with Crippen LogP contribution in [0.4, 0.5) is 0 Å². The summed E-state index contributed by atoms with van der Waals surface area (Å²) in [5.41, 5.74) is 1.29. The summed E-state index contributed by atoms with van der Waals surface area (Å²) in [6.07, 6.45) is 3.01. The first-order valence-electron chi connectivity index (χ1n) is 6.77. The molecule has 1 aliphatic heterocycles. The molecule has 0 spiro atoms. The van der Waals surface area contributed by atoms with Gasteiger partial charge < -0.3 is 10.6 Å². The molecule has 1 aliphatic rings. The second-order valence-corrected chi connectivity index (χ2v) is 5.00. The summed E-state index contributed by atoms with van der Waals surface area (Å²) in [5.74, 6) is 1.03. The molecule has 2 unspecified atom stereocenters. The van der Waals surface area contributed by atoms with Crippen molar-refractivity contribution in [2.75, 3.05) is 20.1 Å². The van der Waals surface area contributed by atoms with Crippen LogP contribution in [0.25, 0.3) is 0 Å². The first-order valence-corrected chi connectivity index (χ1v) is 6.77. The molecule has 1 heterocycles. The van der Waals surface area contributed by atoms with E-state index in [1.807, 2.05) is 6.07 Å². The van der Waals surface area contributed by atoms with Gasteiger partial charge in [0.05, 0.1) is 0 Å². The van der Waals surface area contributed by atoms with Gasteiger partial charge in [-0.1, -0.05) is 30.3 Å². The van der Waals surface area contributed by atoms with Crippen molar-refractivity contribution in [1.29, 1.82) is 0 Å². The molecule has 1 aromatic rings. The molecule has 18 heavy (non-hydrogen) atoms. The van der Waals surface area contributed by atoms with Gasteiger partial charge in [0.15, 0.2) is 0 Å². The topological polar surface area (TPSA) is 41.1 Å². The molecule has 3 nitrogen and oxygen atoms in total. The standard InChI is InChI=1S/C15H22N2O/c1-16-15(18)10-14(12-6-3-2-4-7-12)13-8-5-9-17-11-13/h2-4,6-7,13-14,17H,5,8-11H2,1H3,(H,16,18). The highest BCUT2D eigenvalue weighted by atomic mass is 16.1. The Balaban J connectivity index is 2.14. The fourth-order valence-electron chi connectivity index (χ4n) is 2.78. The molecule has 0 aromatic heterocycles. The number of hydrogen-bond acceptors (Lipinski definition) is 2. The largest absolute Gasteiger partial charge is 0.359 e. The van der Waals surface area contributed by atoms with Crippen LogP contribution in [0.2, 0.25) is 0 Å². The summed E-state index contributed by atoms with van der Waals surface area (Å²) < 4.78 is 0. The Morgan fingerprint density at radius 2 is 2.22 bits per heavy atom. The van der Waals surface area contributed by atoms with Crippen molar-refractivity contribution in [2.45, 2.75) is 25.2 Å². The van der Waals surface area contributed by atoms with E-state index in [-0.39, 0.29) is 5.91 Å². The number of carbonyl (C=O) groups is 1.